The van der Waals surface area contributed by atoms with E-state index in [1.54, 1.807) is 6.92 Å². The number of anilines is 2. The minimum atomic E-state index is -4.67. The van der Waals surface area contributed by atoms with Gasteiger partial charge in [-0.15, -0.1) is 0 Å². The minimum absolute atomic E-state index is 0.294. The summed E-state index contributed by atoms with van der Waals surface area (Å²) in [6, 6.07) is 0.613. The summed E-state index contributed by atoms with van der Waals surface area (Å²) >= 11 is 0. The van der Waals surface area contributed by atoms with E-state index in [9.17, 15) is 26.4 Å². The van der Waals surface area contributed by atoms with E-state index in [2.05, 4.69) is 10.3 Å². The first-order chi connectivity index (χ1) is 10.1. The average Bonchev–Trinajstić information content (AvgIpc) is 2.39. The second kappa shape index (κ2) is 6.77. The number of aromatic nitrogens is 1. The van der Waals surface area contributed by atoms with Crippen molar-refractivity contribution in [2.24, 2.45) is 0 Å². The fourth-order valence-electron chi connectivity index (χ4n) is 1.34. The smallest absolute Gasteiger partial charge is 0.319 e. The lowest BCUT2D eigenvalue weighted by Crippen LogP contribution is -2.19. The van der Waals surface area contributed by atoms with E-state index >= 15 is 0 Å². The Morgan fingerprint density at radius 3 is 2.55 bits per heavy atom. The number of carbonyl (C=O) groups excluding carboxylic acids is 1. The van der Waals surface area contributed by atoms with Gasteiger partial charge in [-0.05, 0) is 26.0 Å². The van der Waals surface area contributed by atoms with Gasteiger partial charge in [-0.2, -0.15) is 13.2 Å². The maximum Gasteiger partial charge on any atom is 0.417 e. The molecule has 1 amide bonds. The van der Waals surface area contributed by atoms with Gasteiger partial charge in [0.15, 0.2) is 5.82 Å². The Kier molecular flexibility index (Phi) is 5.53. The number of pyridine rings is 1. The number of alkyl halides is 3. The first-order valence-electron chi connectivity index (χ1n) is 6.10. The number of nitrogens with one attached hydrogen (secondary N) is 2. The van der Waals surface area contributed by atoms with E-state index in [1.165, 1.54) is 13.0 Å². The van der Waals surface area contributed by atoms with E-state index in [1.807, 2.05) is 4.72 Å². The van der Waals surface area contributed by atoms with Crippen LogP contribution < -0.4 is 10.0 Å². The van der Waals surface area contributed by atoms with Gasteiger partial charge in [-0.1, -0.05) is 6.08 Å². The van der Waals surface area contributed by atoms with Crippen molar-refractivity contribution >= 4 is 27.4 Å². The highest BCUT2D eigenvalue weighted by atomic mass is 32.2. The topological polar surface area (TPSA) is 88.2 Å². The number of hydrogen-bond acceptors (Lipinski definition) is 4. The van der Waals surface area contributed by atoms with Crippen LogP contribution in [-0.2, 0) is 21.0 Å². The highest BCUT2D eigenvalue weighted by Gasteiger charge is 2.32. The first-order valence-corrected chi connectivity index (χ1v) is 7.75. The normalized spacial score (nSPS) is 12.4. The van der Waals surface area contributed by atoms with Crippen molar-refractivity contribution in [3.63, 3.8) is 0 Å². The monoisotopic (exact) mass is 337 g/mol. The molecule has 0 fully saturated rings. The van der Waals surface area contributed by atoms with Gasteiger partial charge in [-0.3, -0.25) is 9.52 Å². The first kappa shape index (κ1) is 18.0. The van der Waals surface area contributed by atoms with Crippen LogP contribution in [0.2, 0.25) is 0 Å². The van der Waals surface area contributed by atoms with Crippen LogP contribution in [0.5, 0.6) is 0 Å². The molecule has 0 atom stereocenters. The van der Waals surface area contributed by atoms with Crippen LogP contribution in [0.1, 0.15) is 19.4 Å². The third-order valence-electron chi connectivity index (χ3n) is 2.42. The molecule has 1 rings (SSSR count). The highest BCUT2D eigenvalue weighted by molar-refractivity contribution is 7.92. The number of amides is 1. The van der Waals surface area contributed by atoms with Gasteiger partial charge in [0.25, 0.3) is 0 Å². The van der Waals surface area contributed by atoms with E-state index < -0.39 is 27.7 Å². The molecule has 0 saturated carbocycles. The van der Waals surface area contributed by atoms with Crippen LogP contribution in [0.25, 0.3) is 0 Å². The SMILES string of the molecule is C/C=C/C(=O)Nc1cc(C(F)(F)F)cnc1NS(=O)(=O)CC. The second-order valence-corrected chi connectivity index (χ2v) is 6.12. The zero-order valence-corrected chi connectivity index (χ0v) is 12.5. The molecule has 0 aliphatic heterocycles. The van der Waals surface area contributed by atoms with Crippen LogP contribution in [-0.4, -0.2) is 25.1 Å². The molecule has 0 spiro atoms. The van der Waals surface area contributed by atoms with E-state index in [4.69, 9.17) is 0 Å². The third kappa shape index (κ3) is 5.02. The van der Waals surface area contributed by atoms with E-state index in [0.29, 0.717) is 12.3 Å². The lowest BCUT2D eigenvalue weighted by Gasteiger charge is -2.14. The third-order valence-corrected chi connectivity index (χ3v) is 3.69. The highest BCUT2D eigenvalue weighted by Crippen LogP contribution is 2.32. The molecule has 0 bridgehead atoms. The number of carbonyl (C=O) groups is 1. The average molecular weight is 337 g/mol. The summed E-state index contributed by atoms with van der Waals surface area (Å²) in [5.74, 6) is -1.38. The van der Waals surface area contributed by atoms with E-state index in [0.717, 1.165) is 6.08 Å². The fourth-order valence-corrected chi connectivity index (χ4v) is 1.94. The maximum atomic E-state index is 12.7. The van der Waals surface area contributed by atoms with Gasteiger partial charge in [0.1, 0.15) is 0 Å². The van der Waals surface area contributed by atoms with E-state index in [-0.39, 0.29) is 17.3 Å². The van der Waals surface area contributed by atoms with Gasteiger partial charge in [0.05, 0.1) is 17.0 Å². The van der Waals surface area contributed by atoms with Gasteiger partial charge in [0.2, 0.25) is 15.9 Å². The molecule has 1 heterocycles. The Morgan fingerprint density at radius 1 is 1.41 bits per heavy atom. The summed E-state index contributed by atoms with van der Waals surface area (Å²) in [5.41, 5.74) is -1.49. The lowest BCUT2D eigenvalue weighted by atomic mass is 10.2. The largest absolute Gasteiger partial charge is 0.417 e. The van der Waals surface area contributed by atoms with Crippen molar-refractivity contribution < 1.29 is 26.4 Å². The summed E-state index contributed by atoms with van der Waals surface area (Å²) in [5, 5.41) is 2.16. The predicted octanol–water partition coefficient (Wildman–Crippen LogP) is 2.38. The molecule has 0 saturated heterocycles. The Bertz CT molecular complexity index is 685. The summed E-state index contributed by atoms with van der Waals surface area (Å²) in [6.07, 6.45) is -1.72. The van der Waals surface area contributed by atoms with Crippen molar-refractivity contribution in [3.8, 4) is 0 Å². The molecule has 0 aromatic carbocycles. The molecule has 22 heavy (non-hydrogen) atoms. The van der Waals surface area contributed by atoms with Crippen molar-refractivity contribution in [1.82, 2.24) is 4.98 Å². The molecular formula is C12H14F3N3O3S. The Hall–Kier alpha value is -2.10. The Morgan fingerprint density at radius 2 is 2.05 bits per heavy atom. The van der Waals surface area contributed by atoms with Gasteiger partial charge < -0.3 is 5.32 Å². The molecule has 0 unspecified atom stereocenters. The quantitative estimate of drug-likeness (QED) is 0.808. The number of hydrogen-bond donors (Lipinski definition) is 2. The zero-order valence-electron chi connectivity index (χ0n) is 11.7. The summed E-state index contributed by atoms with van der Waals surface area (Å²) in [4.78, 5) is 14.9. The summed E-state index contributed by atoms with van der Waals surface area (Å²) < 4.78 is 63.1. The van der Waals surface area contributed by atoms with Gasteiger partial charge in [0, 0.05) is 6.20 Å². The van der Waals surface area contributed by atoms with Gasteiger partial charge >= 0.3 is 6.18 Å². The van der Waals surface area contributed by atoms with Crippen LogP contribution in [0.3, 0.4) is 0 Å². The lowest BCUT2D eigenvalue weighted by molar-refractivity contribution is -0.137. The fraction of sp³-hybridized carbons (Fsp3) is 0.333. The van der Waals surface area contributed by atoms with Crippen LogP contribution in [0.15, 0.2) is 24.4 Å². The van der Waals surface area contributed by atoms with Crippen molar-refractivity contribution in [1.29, 1.82) is 0 Å². The maximum absolute atomic E-state index is 12.7. The van der Waals surface area contributed by atoms with Crippen LogP contribution >= 0.6 is 0 Å². The number of sulfonamides is 1. The molecule has 0 aliphatic rings. The number of nitrogens with zero attached hydrogens (tertiary/aromatic N) is 1. The number of rotatable bonds is 5. The molecule has 1 aromatic heterocycles. The molecule has 0 radical (unpaired) electrons. The molecule has 10 heteroatoms. The molecule has 0 aliphatic carbocycles. The van der Waals surface area contributed by atoms with Crippen molar-refractivity contribution in [3.05, 3.63) is 30.0 Å². The van der Waals surface area contributed by atoms with Gasteiger partial charge in [-0.25, -0.2) is 13.4 Å². The number of allylic oxidation sites excluding steroid dienone is 1. The summed E-state index contributed by atoms with van der Waals surface area (Å²) in [6.45, 7) is 2.90. The van der Waals surface area contributed by atoms with Crippen LogP contribution in [0, 0.1) is 0 Å². The Balaban J connectivity index is 3.28. The standard InChI is InChI=1S/C12H14F3N3O3S/c1-3-5-10(19)17-9-6-8(12(13,14)15)7-16-11(9)18-22(20,21)4-2/h3,5-7H,4H2,1-2H3,(H,16,18)(H,17,19)/b5-3+. The Labute approximate surface area is 125 Å². The number of halogens is 3. The van der Waals surface area contributed by atoms with Crippen molar-refractivity contribution in [2.75, 3.05) is 15.8 Å². The zero-order chi connectivity index (χ0) is 17.0. The molecule has 6 nitrogen and oxygen atoms in total. The molecule has 1 aromatic rings. The van der Waals surface area contributed by atoms with Crippen molar-refractivity contribution in [2.45, 2.75) is 20.0 Å². The molecular weight excluding hydrogens is 323 g/mol. The summed E-state index contributed by atoms with van der Waals surface area (Å²) in [7, 11) is -3.75. The van der Waals surface area contributed by atoms with Crippen LogP contribution in [0.4, 0.5) is 24.7 Å². The molecule has 2 N–H and O–H groups in total. The minimum Gasteiger partial charge on any atom is -0.319 e. The predicted molar refractivity (Wildman–Crippen MR) is 75.8 cm³/mol. The second-order valence-electron chi connectivity index (χ2n) is 4.11. The molecule has 122 valence electrons.